The molecule has 2 rings (SSSR count). The Kier molecular flexibility index (Phi) is 6.64. The van der Waals surface area contributed by atoms with Crippen LogP contribution in [0, 0.1) is 21.4 Å². The summed E-state index contributed by atoms with van der Waals surface area (Å²) in [5.74, 6) is -0.496. The van der Waals surface area contributed by atoms with Crippen LogP contribution in [0.2, 0.25) is 15.1 Å². The van der Waals surface area contributed by atoms with Crippen LogP contribution in [0.3, 0.4) is 0 Å². The molecule has 0 aromatic heterocycles. The lowest BCUT2D eigenvalue weighted by Crippen LogP contribution is -2.13. The monoisotopic (exact) mass is 425 g/mol. The molecular formula is C17H10Cl3N3O4. The van der Waals surface area contributed by atoms with Crippen LogP contribution in [0.1, 0.15) is 5.56 Å². The number of amides is 1. The van der Waals surface area contributed by atoms with Crippen LogP contribution in [-0.2, 0) is 4.79 Å². The minimum atomic E-state index is -0.766. The summed E-state index contributed by atoms with van der Waals surface area (Å²) in [6.07, 6.45) is 1.27. The number of methoxy groups -OCH3 is 1. The van der Waals surface area contributed by atoms with Gasteiger partial charge in [-0.05, 0) is 35.9 Å². The average molecular weight is 427 g/mol. The van der Waals surface area contributed by atoms with Gasteiger partial charge in [-0.2, -0.15) is 5.26 Å². The second-order valence-electron chi connectivity index (χ2n) is 5.07. The number of anilines is 1. The summed E-state index contributed by atoms with van der Waals surface area (Å²) >= 11 is 17.8. The molecule has 1 amide bonds. The molecule has 138 valence electrons. The Morgan fingerprint density at radius 1 is 1.22 bits per heavy atom. The number of nitrogens with zero attached hydrogens (tertiary/aromatic N) is 2. The Balaban J connectivity index is 2.32. The van der Waals surface area contributed by atoms with Crippen LogP contribution in [-0.4, -0.2) is 17.9 Å². The molecule has 1 N–H and O–H groups in total. The fourth-order valence-electron chi connectivity index (χ4n) is 2.10. The highest BCUT2D eigenvalue weighted by molar-refractivity contribution is 6.37. The van der Waals surface area contributed by atoms with Crippen molar-refractivity contribution in [2.75, 3.05) is 12.4 Å². The van der Waals surface area contributed by atoms with E-state index in [1.54, 1.807) is 6.07 Å². The number of benzene rings is 2. The van der Waals surface area contributed by atoms with Crippen molar-refractivity contribution in [3.05, 3.63) is 66.7 Å². The Morgan fingerprint density at radius 3 is 2.37 bits per heavy atom. The van der Waals surface area contributed by atoms with Gasteiger partial charge in [-0.25, -0.2) is 0 Å². The maximum atomic E-state index is 12.3. The highest BCUT2D eigenvalue weighted by atomic mass is 35.5. The SMILES string of the molecule is COc1c(Cl)cc(/C=C(\C#N)C(=O)Nc2ccc(Cl)c([N+](=O)[O-])c2)cc1Cl. The lowest BCUT2D eigenvalue weighted by Gasteiger charge is -2.08. The molecular weight excluding hydrogens is 417 g/mol. The van der Waals surface area contributed by atoms with Crippen molar-refractivity contribution in [1.29, 1.82) is 5.26 Å². The summed E-state index contributed by atoms with van der Waals surface area (Å²) in [6.45, 7) is 0. The lowest BCUT2D eigenvalue weighted by molar-refractivity contribution is -0.384. The van der Waals surface area contributed by atoms with Gasteiger partial charge < -0.3 is 10.1 Å². The molecule has 0 saturated heterocycles. The van der Waals surface area contributed by atoms with E-state index in [2.05, 4.69) is 5.32 Å². The van der Waals surface area contributed by atoms with E-state index in [0.29, 0.717) is 5.56 Å². The molecule has 27 heavy (non-hydrogen) atoms. The molecule has 10 heteroatoms. The number of carbonyl (C=O) groups is 1. The second kappa shape index (κ2) is 8.73. The second-order valence-corrected chi connectivity index (χ2v) is 6.29. The number of nitro benzene ring substituents is 1. The molecule has 0 aliphatic carbocycles. The molecule has 2 aromatic carbocycles. The van der Waals surface area contributed by atoms with Crippen molar-refractivity contribution in [2.45, 2.75) is 0 Å². The summed E-state index contributed by atoms with van der Waals surface area (Å²) in [6, 6.07) is 8.45. The first-order chi connectivity index (χ1) is 12.8. The van der Waals surface area contributed by atoms with Gasteiger partial charge in [0.2, 0.25) is 0 Å². The fraction of sp³-hybridized carbons (Fsp3) is 0.0588. The van der Waals surface area contributed by atoms with Crippen LogP contribution in [0.4, 0.5) is 11.4 Å². The van der Waals surface area contributed by atoms with Gasteiger partial charge in [0.1, 0.15) is 16.7 Å². The van der Waals surface area contributed by atoms with Crippen molar-refractivity contribution >= 4 is 58.2 Å². The van der Waals surface area contributed by atoms with Gasteiger partial charge >= 0.3 is 0 Å². The molecule has 0 radical (unpaired) electrons. The van der Waals surface area contributed by atoms with E-state index in [-0.39, 0.29) is 37.8 Å². The number of ether oxygens (including phenoxy) is 1. The predicted octanol–water partition coefficient (Wildman–Crippen LogP) is 5.11. The number of rotatable bonds is 5. The van der Waals surface area contributed by atoms with Gasteiger partial charge in [0.05, 0.1) is 22.1 Å². The maximum Gasteiger partial charge on any atom is 0.289 e. The third kappa shape index (κ3) is 4.89. The van der Waals surface area contributed by atoms with E-state index in [1.165, 1.54) is 37.5 Å². The zero-order valence-electron chi connectivity index (χ0n) is 13.6. The maximum absolute atomic E-state index is 12.3. The smallest absolute Gasteiger partial charge is 0.289 e. The number of hydrogen-bond acceptors (Lipinski definition) is 5. The van der Waals surface area contributed by atoms with Crippen molar-refractivity contribution < 1.29 is 14.5 Å². The van der Waals surface area contributed by atoms with E-state index in [9.17, 15) is 20.2 Å². The summed E-state index contributed by atoms with van der Waals surface area (Å²) < 4.78 is 5.03. The van der Waals surface area contributed by atoms with Crippen LogP contribution >= 0.6 is 34.8 Å². The van der Waals surface area contributed by atoms with Crippen molar-refractivity contribution in [2.24, 2.45) is 0 Å². The van der Waals surface area contributed by atoms with E-state index in [1.807, 2.05) is 0 Å². The van der Waals surface area contributed by atoms with Gasteiger partial charge in [0, 0.05) is 11.8 Å². The zero-order chi connectivity index (χ0) is 20.1. The van der Waals surface area contributed by atoms with Crippen molar-refractivity contribution in [3.63, 3.8) is 0 Å². The Labute approximate surface area is 168 Å². The van der Waals surface area contributed by atoms with Gasteiger partial charge in [-0.15, -0.1) is 0 Å². The third-order valence-electron chi connectivity index (χ3n) is 3.30. The van der Waals surface area contributed by atoms with Crippen LogP contribution in [0.5, 0.6) is 5.75 Å². The third-order valence-corrected chi connectivity index (χ3v) is 4.18. The summed E-state index contributed by atoms with van der Waals surface area (Å²) in [4.78, 5) is 22.5. The first kappa shape index (κ1) is 20.5. The molecule has 0 heterocycles. The molecule has 0 aliphatic rings. The molecule has 0 aliphatic heterocycles. The Bertz CT molecular complexity index is 976. The highest BCUT2D eigenvalue weighted by Crippen LogP contribution is 2.34. The van der Waals surface area contributed by atoms with Crippen LogP contribution < -0.4 is 10.1 Å². The van der Waals surface area contributed by atoms with Crippen molar-refractivity contribution in [1.82, 2.24) is 0 Å². The molecule has 0 saturated carbocycles. The molecule has 0 bridgehead atoms. The zero-order valence-corrected chi connectivity index (χ0v) is 15.9. The van der Waals surface area contributed by atoms with Crippen molar-refractivity contribution in [3.8, 4) is 11.8 Å². The first-order valence-corrected chi connectivity index (χ1v) is 8.30. The number of nitrogens with one attached hydrogen (secondary N) is 1. The van der Waals surface area contributed by atoms with Crippen LogP contribution in [0.15, 0.2) is 35.9 Å². The normalized spacial score (nSPS) is 10.9. The Morgan fingerprint density at radius 2 is 1.85 bits per heavy atom. The summed E-state index contributed by atoms with van der Waals surface area (Å²) in [5, 5.41) is 22.9. The molecule has 0 unspecified atom stereocenters. The minimum absolute atomic E-state index is 0.0726. The average Bonchev–Trinajstić information content (AvgIpc) is 2.60. The minimum Gasteiger partial charge on any atom is -0.494 e. The molecule has 0 fully saturated rings. The number of nitro groups is 1. The lowest BCUT2D eigenvalue weighted by atomic mass is 10.1. The quantitative estimate of drug-likeness (QED) is 0.309. The van der Waals surface area contributed by atoms with E-state index < -0.39 is 10.8 Å². The largest absolute Gasteiger partial charge is 0.494 e. The van der Waals surface area contributed by atoms with E-state index in [0.717, 1.165) is 6.07 Å². The molecule has 2 aromatic rings. The van der Waals surface area contributed by atoms with Gasteiger partial charge in [0.25, 0.3) is 11.6 Å². The van der Waals surface area contributed by atoms with Gasteiger partial charge in [-0.1, -0.05) is 34.8 Å². The predicted molar refractivity (Wildman–Crippen MR) is 103 cm³/mol. The van der Waals surface area contributed by atoms with Gasteiger partial charge in [-0.3, -0.25) is 14.9 Å². The van der Waals surface area contributed by atoms with Crippen LogP contribution in [0.25, 0.3) is 6.08 Å². The first-order valence-electron chi connectivity index (χ1n) is 7.17. The number of halogens is 3. The standard InChI is InChI=1S/C17H10Cl3N3O4/c1-27-16-13(19)5-9(6-14(16)20)4-10(8-21)17(24)22-11-2-3-12(18)15(7-11)23(25)26/h2-7H,1H3,(H,22,24)/b10-4+. The summed E-state index contributed by atoms with van der Waals surface area (Å²) in [5.41, 5.74) is -0.113. The molecule has 0 atom stereocenters. The highest BCUT2D eigenvalue weighted by Gasteiger charge is 2.16. The van der Waals surface area contributed by atoms with E-state index in [4.69, 9.17) is 39.5 Å². The topological polar surface area (TPSA) is 105 Å². The fourth-order valence-corrected chi connectivity index (χ4v) is 2.95. The summed E-state index contributed by atoms with van der Waals surface area (Å²) in [7, 11) is 1.40. The number of nitriles is 1. The Hall–Kier alpha value is -2.79. The number of hydrogen-bond donors (Lipinski definition) is 1. The van der Waals surface area contributed by atoms with Gasteiger partial charge in [0.15, 0.2) is 5.75 Å². The molecule has 0 spiro atoms. The number of carbonyl (C=O) groups excluding carboxylic acids is 1. The van der Waals surface area contributed by atoms with E-state index >= 15 is 0 Å². The molecule has 7 nitrogen and oxygen atoms in total.